The molecule has 0 aliphatic carbocycles. The van der Waals surface area contributed by atoms with E-state index in [4.69, 9.17) is 0 Å². The number of hydrogen-bond donors (Lipinski definition) is 0. The van der Waals surface area contributed by atoms with Crippen LogP contribution in [-0.2, 0) is 17.9 Å². The maximum Gasteiger partial charge on any atom is 0.0489 e. The quantitative estimate of drug-likeness (QED) is 0.255. The molecule has 172 valence electrons. The second-order valence-electron chi connectivity index (χ2n) is 11.7. The van der Waals surface area contributed by atoms with Crippen molar-refractivity contribution in [3.8, 4) is 22.3 Å². The van der Waals surface area contributed by atoms with Crippen LogP contribution in [-0.4, -0.2) is 4.57 Å². The van der Waals surface area contributed by atoms with Crippen LogP contribution in [0, 0.1) is 0 Å². The van der Waals surface area contributed by atoms with Gasteiger partial charge >= 0.3 is 0 Å². The Morgan fingerprint density at radius 2 is 0.765 bits per heavy atom. The minimum atomic E-state index is 0.166. The molecule has 0 aliphatic heterocycles. The number of fused-ring (bicyclic) bond motifs is 3. The Morgan fingerprint density at radius 1 is 0.441 bits per heavy atom. The number of nitrogens with zero attached hydrogens (tertiary/aromatic N) is 1. The van der Waals surface area contributed by atoms with Crippen LogP contribution in [0.1, 0.15) is 52.7 Å². The Kier molecular flexibility index (Phi) is 5.20. The summed E-state index contributed by atoms with van der Waals surface area (Å²) in [6.07, 6.45) is 0. The molecule has 0 aliphatic rings. The van der Waals surface area contributed by atoms with Gasteiger partial charge in [-0.3, -0.25) is 0 Å². The molecule has 1 nitrogen and oxygen atoms in total. The normalized spacial score (nSPS) is 12.6. The molecule has 5 aromatic rings. The van der Waals surface area contributed by atoms with Crippen molar-refractivity contribution >= 4 is 21.8 Å². The van der Waals surface area contributed by atoms with E-state index in [-0.39, 0.29) is 10.8 Å². The molecule has 4 aromatic carbocycles. The van der Waals surface area contributed by atoms with Crippen LogP contribution in [0.5, 0.6) is 0 Å². The summed E-state index contributed by atoms with van der Waals surface area (Å²) in [5.41, 5.74) is 10.7. The third kappa shape index (κ3) is 3.94. The van der Waals surface area contributed by atoms with Gasteiger partial charge in [0, 0.05) is 28.9 Å². The van der Waals surface area contributed by atoms with Crippen LogP contribution < -0.4 is 0 Å². The van der Waals surface area contributed by atoms with Gasteiger partial charge in [0.25, 0.3) is 0 Å². The third-order valence-corrected chi connectivity index (χ3v) is 7.17. The standard InChI is InChI=1S/C33H35N/c1-32(2,3)26-14-8-22(9-15-26)24-12-18-30-28(20-24)29-21-25(13-19-31(29)34(30)7)23-10-16-27(17-11-23)33(4,5)6/h8-21H,1-7H3. The monoisotopic (exact) mass is 445 g/mol. The number of aryl methyl sites for hydroxylation is 1. The fourth-order valence-electron chi connectivity index (χ4n) is 4.90. The van der Waals surface area contributed by atoms with Crippen molar-refractivity contribution in [1.29, 1.82) is 0 Å². The zero-order chi connectivity index (χ0) is 24.3. The number of benzene rings is 4. The Morgan fingerprint density at radius 3 is 1.09 bits per heavy atom. The Bertz CT molecular complexity index is 1370. The van der Waals surface area contributed by atoms with Crippen molar-refractivity contribution in [2.24, 2.45) is 7.05 Å². The average molecular weight is 446 g/mol. The van der Waals surface area contributed by atoms with Gasteiger partial charge in [-0.05, 0) is 68.5 Å². The second-order valence-corrected chi connectivity index (χ2v) is 11.7. The van der Waals surface area contributed by atoms with Crippen molar-refractivity contribution in [1.82, 2.24) is 4.57 Å². The first-order chi connectivity index (χ1) is 16.0. The van der Waals surface area contributed by atoms with Crippen LogP contribution in [0.2, 0.25) is 0 Å². The number of hydrogen-bond acceptors (Lipinski definition) is 0. The van der Waals surface area contributed by atoms with E-state index in [1.54, 1.807) is 0 Å². The van der Waals surface area contributed by atoms with Gasteiger partial charge in [-0.1, -0.05) is 102 Å². The summed E-state index contributed by atoms with van der Waals surface area (Å²) in [5.74, 6) is 0. The molecule has 0 fully saturated rings. The zero-order valence-electron chi connectivity index (χ0n) is 21.5. The SMILES string of the molecule is Cn1c2ccc(-c3ccc(C(C)(C)C)cc3)cc2c2cc(-c3ccc(C(C)(C)C)cc3)ccc21. The lowest BCUT2D eigenvalue weighted by atomic mass is 9.86. The van der Waals surface area contributed by atoms with E-state index < -0.39 is 0 Å². The molecule has 1 heterocycles. The predicted molar refractivity (Wildman–Crippen MR) is 149 cm³/mol. The highest BCUT2D eigenvalue weighted by molar-refractivity contribution is 6.10. The smallest absolute Gasteiger partial charge is 0.0489 e. The van der Waals surface area contributed by atoms with Crippen LogP contribution in [0.4, 0.5) is 0 Å². The van der Waals surface area contributed by atoms with Gasteiger partial charge in [0.15, 0.2) is 0 Å². The minimum absolute atomic E-state index is 0.166. The van der Waals surface area contributed by atoms with E-state index in [0.29, 0.717) is 0 Å². The van der Waals surface area contributed by atoms with E-state index in [2.05, 4.69) is 138 Å². The summed E-state index contributed by atoms with van der Waals surface area (Å²) in [6.45, 7) is 13.6. The van der Waals surface area contributed by atoms with E-state index >= 15 is 0 Å². The third-order valence-electron chi connectivity index (χ3n) is 7.17. The van der Waals surface area contributed by atoms with E-state index in [1.807, 2.05) is 0 Å². The molecular weight excluding hydrogens is 410 g/mol. The topological polar surface area (TPSA) is 4.93 Å². The van der Waals surface area contributed by atoms with Crippen LogP contribution in [0.25, 0.3) is 44.1 Å². The zero-order valence-corrected chi connectivity index (χ0v) is 21.5. The molecule has 0 unspecified atom stereocenters. The molecule has 0 saturated heterocycles. The lowest BCUT2D eigenvalue weighted by molar-refractivity contribution is 0.590. The highest BCUT2D eigenvalue weighted by Gasteiger charge is 2.15. The fraction of sp³-hybridized carbons (Fsp3) is 0.273. The van der Waals surface area contributed by atoms with E-state index in [1.165, 1.54) is 55.2 Å². The van der Waals surface area contributed by atoms with Crippen molar-refractivity contribution in [3.63, 3.8) is 0 Å². The van der Waals surface area contributed by atoms with Crippen LogP contribution >= 0.6 is 0 Å². The van der Waals surface area contributed by atoms with Gasteiger partial charge in [-0.15, -0.1) is 0 Å². The van der Waals surface area contributed by atoms with Crippen molar-refractivity contribution < 1.29 is 0 Å². The van der Waals surface area contributed by atoms with Crippen molar-refractivity contribution in [2.75, 3.05) is 0 Å². The predicted octanol–water partition coefficient (Wildman–Crippen LogP) is 9.26. The first-order valence-corrected chi connectivity index (χ1v) is 12.3. The minimum Gasteiger partial charge on any atom is -0.344 e. The highest BCUT2D eigenvalue weighted by Crippen LogP contribution is 2.35. The Labute approximate surface area is 204 Å². The molecule has 0 spiro atoms. The molecule has 1 heteroatoms. The van der Waals surface area contributed by atoms with Crippen molar-refractivity contribution in [3.05, 3.63) is 96.1 Å². The maximum absolute atomic E-state index is 2.36. The summed E-state index contributed by atoms with van der Waals surface area (Å²) in [6, 6.07) is 31.8. The molecule has 5 rings (SSSR count). The molecule has 0 bridgehead atoms. The molecule has 1 aromatic heterocycles. The van der Waals surface area contributed by atoms with E-state index in [9.17, 15) is 0 Å². The van der Waals surface area contributed by atoms with Crippen LogP contribution in [0.15, 0.2) is 84.9 Å². The van der Waals surface area contributed by atoms with Gasteiger partial charge in [-0.25, -0.2) is 0 Å². The lowest BCUT2D eigenvalue weighted by Gasteiger charge is -2.19. The lowest BCUT2D eigenvalue weighted by Crippen LogP contribution is -2.10. The van der Waals surface area contributed by atoms with Gasteiger partial charge in [0.05, 0.1) is 0 Å². The molecule has 0 radical (unpaired) electrons. The molecular formula is C33H35N. The summed E-state index contributed by atoms with van der Waals surface area (Å²) < 4.78 is 2.31. The molecule has 34 heavy (non-hydrogen) atoms. The number of rotatable bonds is 2. The maximum atomic E-state index is 2.36. The molecule has 0 saturated carbocycles. The molecule has 0 amide bonds. The first kappa shape index (κ1) is 22.5. The number of aromatic nitrogens is 1. The summed E-state index contributed by atoms with van der Waals surface area (Å²) >= 11 is 0. The first-order valence-electron chi connectivity index (χ1n) is 12.3. The van der Waals surface area contributed by atoms with Gasteiger partial charge in [0.1, 0.15) is 0 Å². The van der Waals surface area contributed by atoms with E-state index in [0.717, 1.165) is 0 Å². The van der Waals surface area contributed by atoms with Gasteiger partial charge < -0.3 is 4.57 Å². The fourth-order valence-corrected chi connectivity index (χ4v) is 4.90. The summed E-state index contributed by atoms with van der Waals surface area (Å²) in [5, 5.41) is 2.62. The Balaban J connectivity index is 1.60. The Hall–Kier alpha value is -3.32. The summed E-state index contributed by atoms with van der Waals surface area (Å²) in [4.78, 5) is 0. The average Bonchev–Trinajstić information content (AvgIpc) is 3.09. The summed E-state index contributed by atoms with van der Waals surface area (Å²) in [7, 11) is 2.17. The molecule has 0 atom stereocenters. The largest absolute Gasteiger partial charge is 0.344 e. The molecule has 0 N–H and O–H groups in total. The van der Waals surface area contributed by atoms with Gasteiger partial charge in [0.2, 0.25) is 0 Å². The highest BCUT2D eigenvalue weighted by atomic mass is 14.9. The second kappa shape index (κ2) is 7.87. The van der Waals surface area contributed by atoms with Crippen molar-refractivity contribution in [2.45, 2.75) is 52.4 Å². The van der Waals surface area contributed by atoms with Gasteiger partial charge in [-0.2, -0.15) is 0 Å². The van der Waals surface area contributed by atoms with Crippen LogP contribution in [0.3, 0.4) is 0 Å².